The molecule has 0 aliphatic heterocycles. The topological polar surface area (TPSA) is 0 Å². The molecule has 2 aliphatic carbocycles. The summed E-state index contributed by atoms with van der Waals surface area (Å²) in [5, 5.41) is 2.61. The maximum atomic E-state index is 3.93. The molecule has 0 N–H and O–H groups in total. The highest BCUT2D eigenvalue weighted by molar-refractivity contribution is 5.88. The Kier molecular flexibility index (Phi) is 6.36. The van der Waals surface area contributed by atoms with E-state index in [1.165, 1.54) is 82.8 Å². The van der Waals surface area contributed by atoms with Crippen LogP contribution in [0.4, 0.5) is 0 Å². The van der Waals surface area contributed by atoms with E-state index in [-0.39, 0.29) is 5.92 Å². The Labute approximate surface area is 244 Å². The molecule has 0 fully saturated rings. The maximum absolute atomic E-state index is 3.93. The molecule has 1 radical (unpaired) electrons. The first kappa shape index (κ1) is 25.5. The van der Waals surface area contributed by atoms with Crippen LogP contribution in [0.3, 0.4) is 0 Å². The molecule has 7 rings (SSSR count). The first-order valence-electron chi connectivity index (χ1n) is 14.9. The quantitative estimate of drug-likeness (QED) is 0.211. The average Bonchev–Trinajstić information content (AvgIpc) is 3.58. The molecule has 0 amide bonds. The molecule has 0 saturated heterocycles. The summed E-state index contributed by atoms with van der Waals surface area (Å²) in [5.41, 5.74) is 17.3. The van der Waals surface area contributed by atoms with E-state index < -0.39 is 0 Å². The van der Waals surface area contributed by atoms with Crippen molar-refractivity contribution in [2.45, 2.75) is 46.5 Å². The Bertz CT molecular complexity index is 1910. The molecular weight excluding hydrogens is 492 g/mol. The van der Waals surface area contributed by atoms with E-state index in [4.69, 9.17) is 0 Å². The minimum absolute atomic E-state index is 0.202. The first-order chi connectivity index (χ1) is 20.1. The highest BCUT2D eigenvalue weighted by atomic mass is 14.3. The molecule has 0 saturated carbocycles. The number of benzene rings is 5. The summed E-state index contributed by atoms with van der Waals surface area (Å²) in [4.78, 5) is 0. The molecule has 0 heteroatoms. The average molecular weight is 528 g/mol. The van der Waals surface area contributed by atoms with Crippen LogP contribution in [0, 0.1) is 13.8 Å². The van der Waals surface area contributed by atoms with Gasteiger partial charge in [-0.1, -0.05) is 117 Å². The third kappa shape index (κ3) is 4.21. The fraction of sp³-hybridized carbons (Fsp3) is 0.171. The molecule has 1 unspecified atom stereocenters. The number of rotatable bonds is 5. The van der Waals surface area contributed by atoms with Gasteiger partial charge in [0.25, 0.3) is 0 Å². The fourth-order valence-corrected chi connectivity index (χ4v) is 6.84. The molecule has 0 nitrogen and oxygen atoms in total. The SMILES string of the molecule is CCc1ccc2c(c1)[C]=c1c-2cc(=C(c2ccccc2)c2ccccc2)c(CC)c1C1C=Cc2cc(C)c(C)cc21. The van der Waals surface area contributed by atoms with Crippen LogP contribution in [-0.4, -0.2) is 0 Å². The van der Waals surface area contributed by atoms with Crippen LogP contribution in [0.2, 0.25) is 0 Å². The van der Waals surface area contributed by atoms with E-state index >= 15 is 0 Å². The standard InChI is InChI=1S/C41H35/c1-5-28-17-19-34-32(23-28)24-38-37(34)25-39(40(29-13-9-7-10-14-29)30-15-11-8-12-16-30)33(6-2)41(38)35-20-18-31-21-26(3)27(4)22-36(31)35/h7-23,25,35H,5-6H2,1-4H3. The van der Waals surface area contributed by atoms with Crippen LogP contribution < -0.4 is 10.4 Å². The molecule has 5 aromatic carbocycles. The third-order valence-corrected chi connectivity index (χ3v) is 9.08. The zero-order valence-electron chi connectivity index (χ0n) is 24.4. The van der Waals surface area contributed by atoms with Crippen molar-refractivity contribution in [3.05, 3.63) is 169 Å². The third-order valence-electron chi connectivity index (χ3n) is 9.08. The van der Waals surface area contributed by atoms with Gasteiger partial charge in [-0.05, 0) is 122 Å². The summed E-state index contributed by atoms with van der Waals surface area (Å²) < 4.78 is 0. The van der Waals surface area contributed by atoms with Gasteiger partial charge in [-0.15, -0.1) is 0 Å². The molecule has 41 heavy (non-hydrogen) atoms. The normalized spacial score (nSPS) is 14.4. The summed E-state index contributed by atoms with van der Waals surface area (Å²) in [6.07, 6.45) is 10.7. The van der Waals surface area contributed by atoms with E-state index in [0.717, 1.165) is 12.8 Å². The van der Waals surface area contributed by atoms with Gasteiger partial charge in [0, 0.05) is 5.92 Å². The van der Waals surface area contributed by atoms with Crippen molar-refractivity contribution in [2.24, 2.45) is 0 Å². The minimum Gasteiger partial charge on any atom is -0.0720 e. The Morgan fingerprint density at radius 2 is 1.39 bits per heavy atom. The van der Waals surface area contributed by atoms with Crippen LogP contribution in [-0.2, 0) is 12.8 Å². The molecule has 0 spiro atoms. The van der Waals surface area contributed by atoms with Crippen LogP contribution in [0.15, 0.2) is 103 Å². The van der Waals surface area contributed by atoms with Gasteiger partial charge in [-0.25, -0.2) is 0 Å². The van der Waals surface area contributed by atoms with Gasteiger partial charge in [0.15, 0.2) is 0 Å². The molecule has 0 aromatic heterocycles. The lowest BCUT2D eigenvalue weighted by atomic mass is 9.82. The van der Waals surface area contributed by atoms with Crippen molar-refractivity contribution in [1.29, 1.82) is 0 Å². The van der Waals surface area contributed by atoms with Crippen LogP contribution in [0.1, 0.15) is 75.4 Å². The lowest BCUT2D eigenvalue weighted by Crippen LogP contribution is -2.27. The fourth-order valence-electron chi connectivity index (χ4n) is 6.84. The van der Waals surface area contributed by atoms with Crippen molar-refractivity contribution in [3.8, 4) is 11.1 Å². The molecule has 5 aromatic rings. The van der Waals surface area contributed by atoms with Crippen molar-refractivity contribution in [1.82, 2.24) is 0 Å². The second kappa shape index (κ2) is 10.2. The Hall–Kier alpha value is -4.42. The monoisotopic (exact) mass is 527 g/mol. The molecule has 0 bridgehead atoms. The highest BCUT2D eigenvalue weighted by Crippen LogP contribution is 2.39. The van der Waals surface area contributed by atoms with Crippen molar-refractivity contribution >= 4 is 17.7 Å². The van der Waals surface area contributed by atoms with E-state index in [2.05, 4.69) is 143 Å². The van der Waals surface area contributed by atoms with Gasteiger partial charge < -0.3 is 0 Å². The molecule has 1 atom stereocenters. The van der Waals surface area contributed by atoms with E-state index in [1.807, 2.05) is 0 Å². The molecule has 199 valence electrons. The van der Waals surface area contributed by atoms with Gasteiger partial charge in [0.2, 0.25) is 0 Å². The van der Waals surface area contributed by atoms with Crippen LogP contribution >= 0.6 is 0 Å². The Balaban J connectivity index is 1.64. The van der Waals surface area contributed by atoms with Gasteiger partial charge >= 0.3 is 0 Å². The van der Waals surface area contributed by atoms with E-state index in [1.54, 1.807) is 0 Å². The molecular formula is C41H35. The lowest BCUT2D eigenvalue weighted by molar-refractivity contribution is 0.965. The maximum Gasteiger partial charge on any atom is 0.0288 e. The summed E-state index contributed by atoms with van der Waals surface area (Å²) in [5.74, 6) is 0.202. The summed E-state index contributed by atoms with van der Waals surface area (Å²) in [6, 6.07) is 36.1. The number of aryl methyl sites for hydroxylation is 3. The Morgan fingerprint density at radius 1 is 0.707 bits per heavy atom. The predicted molar refractivity (Wildman–Crippen MR) is 174 cm³/mol. The molecule has 0 heterocycles. The number of hydrogen-bond donors (Lipinski definition) is 0. The van der Waals surface area contributed by atoms with Crippen molar-refractivity contribution in [3.63, 3.8) is 0 Å². The molecule has 2 aliphatic rings. The van der Waals surface area contributed by atoms with Gasteiger partial charge in [0.05, 0.1) is 0 Å². The largest absolute Gasteiger partial charge is 0.0720 e. The Morgan fingerprint density at radius 3 is 2.05 bits per heavy atom. The minimum atomic E-state index is 0.202. The summed E-state index contributed by atoms with van der Waals surface area (Å²) >= 11 is 0. The van der Waals surface area contributed by atoms with Crippen molar-refractivity contribution in [2.75, 3.05) is 0 Å². The number of hydrogen-bond acceptors (Lipinski definition) is 0. The first-order valence-corrected chi connectivity index (χ1v) is 14.9. The van der Waals surface area contributed by atoms with Gasteiger partial charge in [-0.2, -0.15) is 0 Å². The van der Waals surface area contributed by atoms with E-state index in [0.29, 0.717) is 0 Å². The zero-order chi connectivity index (χ0) is 28.1. The lowest BCUT2D eigenvalue weighted by Gasteiger charge is -2.21. The van der Waals surface area contributed by atoms with Gasteiger partial charge in [-0.3, -0.25) is 0 Å². The van der Waals surface area contributed by atoms with Crippen LogP contribution in [0.5, 0.6) is 0 Å². The highest BCUT2D eigenvalue weighted by Gasteiger charge is 2.28. The zero-order valence-corrected chi connectivity index (χ0v) is 24.4. The van der Waals surface area contributed by atoms with Crippen LogP contribution in [0.25, 0.3) is 28.9 Å². The van der Waals surface area contributed by atoms with Crippen molar-refractivity contribution < 1.29 is 0 Å². The number of allylic oxidation sites excluding steroid dienone is 1. The smallest absolute Gasteiger partial charge is 0.0288 e. The summed E-state index contributed by atoms with van der Waals surface area (Å²) in [7, 11) is 0. The second-order valence-corrected chi connectivity index (χ2v) is 11.5. The second-order valence-electron chi connectivity index (χ2n) is 11.5. The summed E-state index contributed by atoms with van der Waals surface area (Å²) in [6.45, 7) is 9.01. The number of fused-ring (bicyclic) bond motifs is 4. The van der Waals surface area contributed by atoms with Gasteiger partial charge in [0.1, 0.15) is 0 Å². The predicted octanol–water partition coefficient (Wildman–Crippen LogP) is 8.52. The van der Waals surface area contributed by atoms with E-state index in [9.17, 15) is 0 Å².